The van der Waals surface area contributed by atoms with Crippen LogP contribution < -0.4 is 58.5 Å². The van der Waals surface area contributed by atoms with Crippen molar-refractivity contribution in [1.29, 1.82) is 0 Å². The first-order valence-electron chi connectivity index (χ1n) is 29.9. The highest BCUT2D eigenvalue weighted by Gasteiger charge is 2.36. The number of amides is 1. The van der Waals surface area contributed by atoms with Crippen LogP contribution in [0.5, 0.6) is 0 Å². The van der Waals surface area contributed by atoms with Crippen molar-refractivity contribution in [3.05, 3.63) is 34.3 Å². The molecule has 1 aromatic rings. The molecular formula is C59H114ClF3N12O. The standard InChI is InChI=1S/C59H114ClF3N12O/c1-19-36(5)56-34-68-55(27-35(3)4)46(15)67-33-50(58(76)75(17)18)45(14)74-57(37(6)20-2)47(16)69-39(8)31-66-41(10)42(11)71-49(23-21-48-22-24-51(52(60)28-48)59(61,62)63)32-64-29-38(7)65-30-40(9)70-53-25-26-54(53)72-43(12)44(13)73-56/h22,24,28,35-47,49-50,53-57,64-74H,19-21,23,25-27,29-34H2,1-18H3/t36-,37-,38?,39-,40?,41-,42?,43-,44?,45?,46?,47?,49-,50-,53-,54?,55-,56+,57-/m0/s1. The molecule has 76 heavy (non-hydrogen) atoms. The summed E-state index contributed by atoms with van der Waals surface area (Å²) in [5, 5.41) is 42.7. The van der Waals surface area contributed by atoms with Gasteiger partial charge in [-0.15, -0.1) is 0 Å². The third kappa shape index (κ3) is 23.4. The van der Waals surface area contributed by atoms with E-state index in [1.807, 2.05) is 14.1 Å². The highest BCUT2D eigenvalue weighted by Crippen LogP contribution is 2.35. The summed E-state index contributed by atoms with van der Waals surface area (Å²) >= 11 is 6.16. The summed E-state index contributed by atoms with van der Waals surface area (Å²) in [6.45, 7) is 40.8. The molecule has 1 aromatic carbocycles. The van der Waals surface area contributed by atoms with Gasteiger partial charge in [-0.2, -0.15) is 13.2 Å². The summed E-state index contributed by atoms with van der Waals surface area (Å²) in [7, 11) is 3.74. The maximum absolute atomic E-state index is 14.1. The predicted molar refractivity (Wildman–Crippen MR) is 316 cm³/mol. The van der Waals surface area contributed by atoms with Gasteiger partial charge in [-0.1, -0.05) is 72.1 Å². The van der Waals surface area contributed by atoms with E-state index < -0.39 is 11.7 Å². The van der Waals surface area contributed by atoms with E-state index >= 15 is 0 Å². The maximum Gasteiger partial charge on any atom is 0.417 e. The van der Waals surface area contributed by atoms with Crippen LogP contribution in [0.3, 0.4) is 0 Å². The van der Waals surface area contributed by atoms with E-state index in [0.29, 0.717) is 61.4 Å². The van der Waals surface area contributed by atoms with Gasteiger partial charge in [-0.3, -0.25) is 4.79 Å². The Balaban J connectivity index is 1.88. The largest absolute Gasteiger partial charge is 0.417 e. The van der Waals surface area contributed by atoms with Gasteiger partial charge in [0.2, 0.25) is 5.91 Å². The average Bonchev–Trinajstić information content (AvgIpc) is 3.35. The molecule has 17 heteroatoms. The second kappa shape index (κ2) is 33.9. The summed E-state index contributed by atoms with van der Waals surface area (Å²) in [5.41, 5.74) is -0.0190. The molecule has 0 radical (unpaired) electrons. The molecule has 8 unspecified atom stereocenters. The fraction of sp³-hybridized carbons (Fsp3) is 0.881. The first-order valence-corrected chi connectivity index (χ1v) is 30.3. The molecule has 1 heterocycles. The third-order valence-corrected chi connectivity index (χ3v) is 17.6. The van der Waals surface area contributed by atoms with Gasteiger partial charge in [0, 0.05) is 150 Å². The van der Waals surface area contributed by atoms with E-state index in [1.54, 1.807) is 11.0 Å². The molecular weight excluding hydrogens is 985 g/mol. The number of hydrogen-bond acceptors (Lipinski definition) is 12. The molecule has 19 atom stereocenters. The molecule has 13 nitrogen and oxygen atoms in total. The Kier molecular flexibility index (Phi) is 30.6. The number of nitrogens with zero attached hydrogens (tertiary/aromatic N) is 1. The number of alkyl halides is 3. The number of fused-ring (bicyclic) bond motifs is 1. The summed E-state index contributed by atoms with van der Waals surface area (Å²) in [6.07, 6.45) is 2.26. The van der Waals surface area contributed by atoms with Crippen LogP contribution in [0.1, 0.15) is 160 Å². The van der Waals surface area contributed by atoms with Crippen molar-refractivity contribution >= 4 is 17.5 Å². The maximum atomic E-state index is 14.1. The van der Waals surface area contributed by atoms with Crippen molar-refractivity contribution in [3.8, 4) is 0 Å². The van der Waals surface area contributed by atoms with Crippen LogP contribution in [0, 0.1) is 23.7 Å². The summed E-state index contributed by atoms with van der Waals surface area (Å²) in [5.74, 6) is 1.21. The monoisotopic (exact) mass is 1100 g/mol. The zero-order valence-electron chi connectivity index (χ0n) is 50.8. The minimum absolute atomic E-state index is 0.0555. The molecule has 3 rings (SSSR count). The lowest BCUT2D eigenvalue weighted by Gasteiger charge is -2.43. The van der Waals surface area contributed by atoms with E-state index in [-0.39, 0.29) is 89.3 Å². The molecule has 1 saturated heterocycles. The number of carbonyl (C=O) groups excluding carboxylic acids is 1. The van der Waals surface area contributed by atoms with Crippen LogP contribution in [-0.4, -0.2) is 161 Å². The number of benzene rings is 1. The van der Waals surface area contributed by atoms with Gasteiger partial charge in [-0.25, -0.2) is 0 Å². The fourth-order valence-electron chi connectivity index (χ4n) is 11.1. The minimum atomic E-state index is -4.49. The second-order valence-electron chi connectivity index (χ2n) is 24.8. The van der Waals surface area contributed by atoms with Gasteiger partial charge in [-0.05, 0) is 137 Å². The molecule has 1 aliphatic carbocycles. The Morgan fingerprint density at radius 3 is 1.82 bits per heavy atom. The molecule has 0 bridgehead atoms. The molecule has 1 saturated carbocycles. The average molecular weight is 1100 g/mol. The quantitative estimate of drug-likeness (QED) is 0.113. The van der Waals surface area contributed by atoms with Crippen molar-refractivity contribution in [1.82, 2.24) is 63.4 Å². The van der Waals surface area contributed by atoms with Crippen LogP contribution in [0.15, 0.2) is 18.2 Å². The Hall–Kier alpha value is -1.67. The number of aryl methyl sites for hydroxylation is 1. The van der Waals surface area contributed by atoms with Crippen molar-refractivity contribution in [2.24, 2.45) is 23.7 Å². The van der Waals surface area contributed by atoms with E-state index in [4.69, 9.17) is 11.6 Å². The van der Waals surface area contributed by atoms with E-state index in [2.05, 4.69) is 169 Å². The SMILES string of the molecule is CC[C@H](C)[C@@H]1NC(C)[C@@H](C(=O)N(C)C)CNC(C)[C@H](CC(C)C)NC[C@H]([C@@H](C)CC)NC(C)[C@H](C)NC2CC[C@@H]2NC(C)CNC(C)CNC[C@H](CCc2ccc(C(F)(F)F)c(Cl)c2)NC(C)[C@H](C)NC[C@H](C)NC1C. The Morgan fingerprint density at radius 2 is 1.22 bits per heavy atom. The van der Waals surface area contributed by atoms with Crippen LogP contribution >= 0.6 is 11.6 Å². The van der Waals surface area contributed by atoms with Gasteiger partial charge in [0.25, 0.3) is 0 Å². The normalized spacial score (nSPS) is 35.8. The number of nitrogens with one attached hydrogen (secondary N) is 11. The van der Waals surface area contributed by atoms with Crippen molar-refractivity contribution in [3.63, 3.8) is 0 Å². The van der Waals surface area contributed by atoms with Crippen LogP contribution in [0.25, 0.3) is 0 Å². The van der Waals surface area contributed by atoms with Crippen molar-refractivity contribution < 1.29 is 18.0 Å². The van der Waals surface area contributed by atoms with Gasteiger partial charge in [0.15, 0.2) is 0 Å². The summed E-state index contributed by atoms with van der Waals surface area (Å²) in [4.78, 5) is 15.8. The van der Waals surface area contributed by atoms with Crippen LogP contribution in [0.4, 0.5) is 13.2 Å². The van der Waals surface area contributed by atoms with E-state index in [0.717, 1.165) is 76.3 Å². The molecule has 11 N–H and O–H groups in total. The van der Waals surface area contributed by atoms with Crippen LogP contribution in [-0.2, 0) is 17.4 Å². The van der Waals surface area contributed by atoms with Crippen molar-refractivity contribution in [2.45, 2.75) is 259 Å². The lowest BCUT2D eigenvalue weighted by atomic mass is 9.84. The third-order valence-electron chi connectivity index (χ3n) is 17.3. The summed E-state index contributed by atoms with van der Waals surface area (Å²) < 4.78 is 40.7. The Bertz CT molecular complexity index is 1770. The topological polar surface area (TPSA) is 153 Å². The molecule has 1 amide bonds. The number of rotatable bonds is 10. The highest BCUT2D eigenvalue weighted by atomic mass is 35.5. The lowest BCUT2D eigenvalue weighted by Crippen LogP contribution is -2.63. The zero-order valence-corrected chi connectivity index (χ0v) is 51.6. The second-order valence-corrected chi connectivity index (χ2v) is 25.2. The Labute approximate surface area is 467 Å². The first-order chi connectivity index (χ1) is 35.6. The molecule has 2 aliphatic rings. The highest BCUT2D eigenvalue weighted by molar-refractivity contribution is 6.31. The van der Waals surface area contributed by atoms with Gasteiger partial charge < -0.3 is 63.4 Å². The number of hydrogen-bond donors (Lipinski definition) is 11. The summed E-state index contributed by atoms with van der Waals surface area (Å²) in [6, 6.07) is 7.30. The Morgan fingerprint density at radius 1 is 0.632 bits per heavy atom. The van der Waals surface area contributed by atoms with E-state index in [9.17, 15) is 18.0 Å². The van der Waals surface area contributed by atoms with Gasteiger partial charge in [0.05, 0.1) is 16.5 Å². The molecule has 1 aliphatic heterocycles. The lowest BCUT2D eigenvalue weighted by molar-refractivity contribution is -0.137. The van der Waals surface area contributed by atoms with Gasteiger partial charge >= 0.3 is 6.18 Å². The molecule has 2 fully saturated rings. The minimum Gasteiger partial charge on any atom is -0.348 e. The van der Waals surface area contributed by atoms with Crippen LogP contribution in [0.2, 0.25) is 5.02 Å². The number of carbonyl (C=O) groups is 1. The smallest absolute Gasteiger partial charge is 0.348 e. The molecule has 0 spiro atoms. The predicted octanol–water partition coefficient (Wildman–Crippen LogP) is 7.52. The van der Waals surface area contributed by atoms with Gasteiger partial charge in [0.1, 0.15) is 0 Å². The molecule has 444 valence electrons. The fourth-order valence-corrected chi connectivity index (χ4v) is 11.4. The molecule has 0 aromatic heterocycles. The zero-order chi connectivity index (χ0) is 57.0. The van der Waals surface area contributed by atoms with Crippen molar-refractivity contribution in [2.75, 3.05) is 53.4 Å². The number of halogens is 4. The first kappa shape index (κ1) is 68.6. The van der Waals surface area contributed by atoms with E-state index in [1.165, 1.54) is 6.07 Å².